The molecular weight excluding hydrogens is 402 g/mol. The lowest BCUT2D eigenvalue weighted by Gasteiger charge is -2.26. The summed E-state index contributed by atoms with van der Waals surface area (Å²) in [6, 6.07) is 15.0. The standard InChI is InChI=1S/C22H25N3O4S/c26-21-9-8-20(24-21)17-4-6-19(7-5-17)23-22(27)18-3-1-2-16(14-18)15-25-10-12-30(28,29)13-11-25/h1-7,14,20H,8-13,15H2,(H,23,27)(H,24,26). The predicted molar refractivity (Wildman–Crippen MR) is 115 cm³/mol. The van der Waals surface area contributed by atoms with Crippen LogP contribution >= 0.6 is 0 Å². The second kappa shape index (κ2) is 8.57. The van der Waals surface area contributed by atoms with Crippen LogP contribution in [0.2, 0.25) is 0 Å². The van der Waals surface area contributed by atoms with Crippen LogP contribution in [-0.2, 0) is 21.2 Å². The van der Waals surface area contributed by atoms with Crippen molar-refractivity contribution in [3.05, 3.63) is 65.2 Å². The Morgan fingerprint density at radius 3 is 2.50 bits per heavy atom. The van der Waals surface area contributed by atoms with Crippen molar-refractivity contribution in [3.63, 3.8) is 0 Å². The number of nitrogens with one attached hydrogen (secondary N) is 2. The molecule has 158 valence electrons. The summed E-state index contributed by atoms with van der Waals surface area (Å²) in [5.41, 5.74) is 3.27. The number of hydrogen-bond donors (Lipinski definition) is 2. The van der Waals surface area contributed by atoms with Gasteiger partial charge in [0.05, 0.1) is 17.5 Å². The van der Waals surface area contributed by atoms with Crippen LogP contribution < -0.4 is 10.6 Å². The molecule has 4 rings (SSSR count). The van der Waals surface area contributed by atoms with E-state index in [0.29, 0.717) is 37.3 Å². The van der Waals surface area contributed by atoms with E-state index in [2.05, 4.69) is 15.5 Å². The van der Waals surface area contributed by atoms with Crippen LogP contribution in [0.5, 0.6) is 0 Å². The number of nitrogens with zero attached hydrogens (tertiary/aromatic N) is 1. The third kappa shape index (κ3) is 5.06. The average molecular weight is 428 g/mol. The SMILES string of the molecule is O=C1CCC(c2ccc(NC(=O)c3cccc(CN4CCS(=O)(=O)CC4)c3)cc2)N1. The highest BCUT2D eigenvalue weighted by atomic mass is 32.2. The number of carbonyl (C=O) groups excluding carboxylic acids is 2. The molecule has 0 saturated carbocycles. The number of sulfone groups is 1. The number of benzene rings is 2. The second-order valence-electron chi connectivity index (χ2n) is 7.86. The first kappa shape index (κ1) is 20.6. The molecule has 1 atom stereocenters. The molecular formula is C22H25N3O4S. The Kier molecular flexibility index (Phi) is 5.87. The molecule has 2 heterocycles. The number of anilines is 1. The Bertz CT molecular complexity index is 1040. The van der Waals surface area contributed by atoms with E-state index < -0.39 is 9.84 Å². The van der Waals surface area contributed by atoms with Gasteiger partial charge in [-0.1, -0.05) is 24.3 Å². The van der Waals surface area contributed by atoms with Gasteiger partial charge in [-0.15, -0.1) is 0 Å². The zero-order chi connectivity index (χ0) is 21.1. The highest BCUT2D eigenvalue weighted by molar-refractivity contribution is 7.91. The summed E-state index contributed by atoms with van der Waals surface area (Å²) < 4.78 is 23.2. The minimum absolute atomic E-state index is 0.0451. The second-order valence-corrected chi connectivity index (χ2v) is 10.2. The van der Waals surface area contributed by atoms with Crippen molar-refractivity contribution < 1.29 is 18.0 Å². The molecule has 0 aromatic heterocycles. The molecule has 2 aliphatic heterocycles. The quantitative estimate of drug-likeness (QED) is 0.762. The fourth-order valence-electron chi connectivity index (χ4n) is 3.84. The molecule has 2 saturated heterocycles. The van der Waals surface area contributed by atoms with Gasteiger partial charge in [-0.2, -0.15) is 0 Å². The molecule has 0 spiro atoms. The lowest BCUT2D eigenvalue weighted by atomic mass is 10.0. The molecule has 7 nitrogen and oxygen atoms in total. The van der Waals surface area contributed by atoms with E-state index >= 15 is 0 Å². The van der Waals surface area contributed by atoms with E-state index in [0.717, 1.165) is 17.5 Å². The first-order valence-corrected chi connectivity index (χ1v) is 11.9. The van der Waals surface area contributed by atoms with Crippen LogP contribution in [0.15, 0.2) is 48.5 Å². The molecule has 2 aromatic rings. The molecule has 2 amide bonds. The third-order valence-corrected chi connectivity index (χ3v) is 7.21. The minimum atomic E-state index is -2.90. The fraction of sp³-hybridized carbons (Fsp3) is 0.364. The topological polar surface area (TPSA) is 95.6 Å². The maximum Gasteiger partial charge on any atom is 0.255 e. The van der Waals surface area contributed by atoms with E-state index in [9.17, 15) is 18.0 Å². The molecule has 2 fully saturated rings. The van der Waals surface area contributed by atoms with Crippen molar-refractivity contribution in [3.8, 4) is 0 Å². The van der Waals surface area contributed by atoms with Gasteiger partial charge in [0.1, 0.15) is 0 Å². The molecule has 2 aromatic carbocycles. The van der Waals surface area contributed by atoms with Crippen molar-refractivity contribution in [2.75, 3.05) is 29.9 Å². The largest absolute Gasteiger partial charge is 0.349 e. The summed E-state index contributed by atoms with van der Waals surface area (Å²) in [6.45, 7) is 1.66. The van der Waals surface area contributed by atoms with Crippen LogP contribution in [-0.4, -0.2) is 49.7 Å². The Morgan fingerprint density at radius 2 is 1.83 bits per heavy atom. The Hall–Kier alpha value is -2.71. The van der Waals surface area contributed by atoms with Crippen LogP contribution in [0.25, 0.3) is 0 Å². The summed E-state index contributed by atoms with van der Waals surface area (Å²) in [6.07, 6.45) is 1.34. The molecule has 2 N–H and O–H groups in total. The molecule has 2 aliphatic rings. The first-order valence-electron chi connectivity index (χ1n) is 10.1. The molecule has 0 bridgehead atoms. The van der Waals surface area contributed by atoms with Crippen LogP contribution in [0.1, 0.15) is 40.4 Å². The molecule has 8 heteroatoms. The van der Waals surface area contributed by atoms with Gasteiger partial charge < -0.3 is 10.6 Å². The van der Waals surface area contributed by atoms with E-state index in [1.165, 1.54) is 0 Å². The van der Waals surface area contributed by atoms with Gasteiger partial charge in [0.25, 0.3) is 5.91 Å². The first-order chi connectivity index (χ1) is 14.4. The van der Waals surface area contributed by atoms with Gasteiger partial charge in [0.15, 0.2) is 9.84 Å². The van der Waals surface area contributed by atoms with Gasteiger partial charge in [-0.3, -0.25) is 14.5 Å². The zero-order valence-corrected chi connectivity index (χ0v) is 17.5. The summed E-state index contributed by atoms with van der Waals surface area (Å²) in [5, 5.41) is 5.84. The average Bonchev–Trinajstić information content (AvgIpc) is 3.17. The Balaban J connectivity index is 1.36. The smallest absolute Gasteiger partial charge is 0.255 e. The highest BCUT2D eigenvalue weighted by Gasteiger charge is 2.23. The number of amides is 2. The normalized spacial score (nSPS) is 21.2. The summed E-state index contributed by atoms with van der Waals surface area (Å²) in [7, 11) is -2.90. The number of hydrogen-bond acceptors (Lipinski definition) is 5. The van der Waals surface area contributed by atoms with Gasteiger partial charge in [0.2, 0.25) is 5.91 Å². The lowest BCUT2D eigenvalue weighted by Crippen LogP contribution is -2.39. The fourth-order valence-corrected chi connectivity index (χ4v) is 5.12. The van der Waals surface area contributed by atoms with E-state index in [4.69, 9.17) is 0 Å². The Labute approximate surface area is 176 Å². The summed E-state index contributed by atoms with van der Waals surface area (Å²) in [4.78, 5) is 26.1. The van der Waals surface area contributed by atoms with E-state index in [1.807, 2.05) is 42.5 Å². The molecule has 0 aliphatic carbocycles. The van der Waals surface area contributed by atoms with Crippen molar-refractivity contribution >= 4 is 27.3 Å². The van der Waals surface area contributed by atoms with E-state index in [-0.39, 0.29) is 29.4 Å². The maximum absolute atomic E-state index is 12.7. The van der Waals surface area contributed by atoms with Crippen LogP contribution in [0.4, 0.5) is 5.69 Å². The zero-order valence-electron chi connectivity index (χ0n) is 16.6. The summed E-state index contributed by atoms with van der Waals surface area (Å²) >= 11 is 0. The van der Waals surface area contributed by atoms with Gasteiger partial charge >= 0.3 is 0 Å². The van der Waals surface area contributed by atoms with Crippen LogP contribution in [0.3, 0.4) is 0 Å². The van der Waals surface area contributed by atoms with Crippen molar-refractivity contribution in [1.82, 2.24) is 10.2 Å². The van der Waals surface area contributed by atoms with Crippen LogP contribution in [0, 0.1) is 0 Å². The number of rotatable bonds is 5. The summed E-state index contributed by atoms with van der Waals surface area (Å²) in [5.74, 6) is 0.255. The molecule has 0 radical (unpaired) electrons. The monoisotopic (exact) mass is 427 g/mol. The van der Waals surface area contributed by atoms with Crippen molar-refractivity contribution in [2.45, 2.75) is 25.4 Å². The maximum atomic E-state index is 12.7. The predicted octanol–water partition coefficient (Wildman–Crippen LogP) is 2.12. The molecule has 1 unspecified atom stereocenters. The Morgan fingerprint density at radius 1 is 1.10 bits per heavy atom. The minimum Gasteiger partial charge on any atom is -0.349 e. The van der Waals surface area contributed by atoms with E-state index in [1.54, 1.807) is 6.07 Å². The molecule has 30 heavy (non-hydrogen) atoms. The van der Waals surface area contributed by atoms with Gasteiger partial charge in [-0.25, -0.2) is 8.42 Å². The van der Waals surface area contributed by atoms with Gasteiger partial charge in [0, 0.05) is 37.3 Å². The number of carbonyl (C=O) groups is 2. The van der Waals surface area contributed by atoms with Gasteiger partial charge in [-0.05, 0) is 41.8 Å². The highest BCUT2D eigenvalue weighted by Crippen LogP contribution is 2.25. The van der Waals surface area contributed by atoms with Crippen molar-refractivity contribution in [2.24, 2.45) is 0 Å². The lowest BCUT2D eigenvalue weighted by molar-refractivity contribution is -0.119. The third-order valence-electron chi connectivity index (χ3n) is 5.60. The van der Waals surface area contributed by atoms with Crippen molar-refractivity contribution in [1.29, 1.82) is 0 Å².